The number of benzene rings is 3. The number of nitrogens with zero attached hydrogens (tertiary/aromatic N) is 1. The maximum atomic E-state index is 13.0. The first-order chi connectivity index (χ1) is 15.1. The molecule has 0 aliphatic heterocycles. The van der Waals surface area contributed by atoms with Crippen LogP contribution in [0.5, 0.6) is 11.5 Å². The largest absolute Gasteiger partial charge is 0.504 e. The van der Waals surface area contributed by atoms with Crippen molar-refractivity contribution in [3.8, 4) is 11.5 Å². The highest BCUT2D eigenvalue weighted by Crippen LogP contribution is 2.58. The maximum Gasteiger partial charge on any atom is 0.244 e. The SMILES string of the molecule is CCOc1cc(Br)cc(/C=N\NC(=O)[C@@H]2CC2(c2ccccc2)c2ccccc2)c1O. The monoisotopic (exact) mass is 478 g/mol. The fourth-order valence-corrected chi connectivity index (χ4v) is 4.51. The third-order valence-electron chi connectivity index (χ3n) is 5.60. The van der Waals surface area contributed by atoms with Gasteiger partial charge in [0.05, 0.1) is 18.7 Å². The summed E-state index contributed by atoms with van der Waals surface area (Å²) in [5.74, 6) is -0.0237. The van der Waals surface area contributed by atoms with Gasteiger partial charge in [0.15, 0.2) is 11.5 Å². The van der Waals surface area contributed by atoms with Crippen molar-refractivity contribution in [3.63, 3.8) is 0 Å². The molecular formula is C25H23BrN2O3. The number of phenols is 1. The van der Waals surface area contributed by atoms with E-state index < -0.39 is 0 Å². The van der Waals surface area contributed by atoms with Crippen LogP contribution in [-0.2, 0) is 10.2 Å². The standard InChI is InChI=1S/C25H23BrN2O3/c1-2-31-22-14-20(26)13-17(23(22)29)16-27-28-24(30)21-15-25(21,18-9-5-3-6-10-18)19-11-7-4-8-12-19/h3-14,16,21,29H,2,15H2,1H3,(H,28,30)/b27-16-/t21-/m0/s1. The molecule has 0 saturated heterocycles. The van der Waals surface area contributed by atoms with E-state index in [1.807, 2.05) is 43.3 Å². The molecule has 1 saturated carbocycles. The Labute approximate surface area is 189 Å². The molecule has 3 aromatic rings. The van der Waals surface area contributed by atoms with E-state index in [9.17, 15) is 9.90 Å². The van der Waals surface area contributed by atoms with E-state index in [0.717, 1.165) is 22.0 Å². The summed E-state index contributed by atoms with van der Waals surface area (Å²) in [7, 11) is 0. The Morgan fingerprint density at radius 2 is 1.77 bits per heavy atom. The molecule has 1 aliphatic rings. The molecule has 0 aromatic heterocycles. The van der Waals surface area contributed by atoms with E-state index >= 15 is 0 Å². The smallest absolute Gasteiger partial charge is 0.244 e. The summed E-state index contributed by atoms with van der Waals surface area (Å²) >= 11 is 3.40. The Morgan fingerprint density at radius 1 is 1.16 bits per heavy atom. The molecule has 31 heavy (non-hydrogen) atoms. The first-order valence-corrected chi connectivity index (χ1v) is 10.9. The summed E-state index contributed by atoms with van der Waals surface area (Å²) in [6, 6.07) is 23.6. The molecule has 1 fully saturated rings. The van der Waals surface area contributed by atoms with Crippen LogP contribution in [0.2, 0.25) is 0 Å². The van der Waals surface area contributed by atoms with E-state index in [0.29, 0.717) is 17.9 Å². The minimum atomic E-state index is -0.345. The summed E-state index contributed by atoms with van der Waals surface area (Å²) in [5, 5.41) is 14.5. The number of phenolic OH excluding ortho intramolecular Hbond substituents is 1. The summed E-state index contributed by atoms with van der Waals surface area (Å²) in [6.07, 6.45) is 2.15. The highest BCUT2D eigenvalue weighted by Gasteiger charge is 2.60. The van der Waals surface area contributed by atoms with Crippen molar-refractivity contribution in [2.24, 2.45) is 11.0 Å². The van der Waals surface area contributed by atoms with Crippen LogP contribution < -0.4 is 10.2 Å². The van der Waals surface area contributed by atoms with Gasteiger partial charge in [-0.05, 0) is 36.6 Å². The summed E-state index contributed by atoms with van der Waals surface area (Å²) in [6.45, 7) is 2.27. The number of amides is 1. The van der Waals surface area contributed by atoms with Gasteiger partial charge in [0.2, 0.25) is 5.91 Å². The van der Waals surface area contributed by atoms with Gasteiger partial charge in [0.1, 0.15) is 0 Å². The number of hydrogen-bond acceptors (Lipinski definition) is 4. The van der Waals surface area contributed by atoms with Gasteiger partial charge in [0, 0.05) is 15.5 Å². The van der Waals surface area contributed by atoms with Crippen LogP contribution in [0.3, 0.4) is 0 Å². The lowest BCUT2D eigenvalue weighted by Gasteiger charge is -2.18. The predicted octanol–water partition coefficient (Wildman–Crippen LogP) is 5.01. The summed E-state index contributed by atoms with van der Waals surface area (Å²) < 4.78 is 6.18. The second-order valence-electron chi connectivity index (χ2n) is 7.47. The van der Waals surface area contributed by atoms with Gasteiger partial charge in [-0.25, -0.2) is 5.43 Å². The third-order valence-corrected chi connectivity index (χ3v) is 6.06. The molecule has 0 unspecified atom stereocenters. The van der Waals surface area contributed by atoms with Gasteiger partial charge in [-0.1, -0.05) is 76.6 Å². The quantitative estimate of drug-likeness (QED) is 0.370. The van der Waals surface area contributed by atoms with Gasteiger partial charge in [0.25, 0.3) is 0 Å². The van der Waals surface area contributed by atoms with E-state index in [-0.39, 0.29) is 23.0 Å². The van der Waals surface area contributed by atoms with Gasteiger partial charge >= 0.3 is 0 Å². The zero-order chi connectivity index (χ0) is 21.8. The molecule has 0 heterocycles. The number of rotatable bonds is 7. The van der Waals surface area contributed by atoms with Crippen LogP contribution in [0.15, 0.2) is 82.4 Å². The van der Waals surface area contributed by atoms with Gasteiger partial charge in [-0.2, -0.15) is 5.10 Å². The molecule has 4 rings (SSSR count). The number of hydrazone groups is 1. The predicted molar refractivity (Wildman–Crippen MR) is 124 cm³/mol. The lowest BCUT2D eigenvalue weighted by atomic mass is 9.85. The van der Waals surface area contributed by atoms with Crippen LogP contribution in [0.1, 0.15) is 30.0 Å². The van der Waals surface area contributed by atoms with Crippen molar-refractivity contribution in [3.05, 3.63) is 94.0 Å². The fourth-order valence-electron chi connectivity index (χ4n) is 4.06. The number of halogens is 1. The number of carbonyl (C=O) groups is 1. The van der Waals surface area contributed by atoms with E-state index in [1.54, 1.807) is 12.1 Å². The number of ether oxygens (including phenoxy) is 1. The normalized spacial score (nSPS) is 16.8. The molecule has 2 N–H and O–H groups in total. The van der Waals surface area contributed by atoms with Gasteiger partial charge in [-0.15, -0.1) is 0 Å². The fraction of sp³-hybridized carbons (Fsp3) is 0.200. The molecule has 3 aromatic carbocycles. The van der Waals surface area contributed by atoms with Crippen molar-refractivity contribution < 1.29 is 14.6 Å². The number of carbonyl (C=O) groups excluding carboxylic acids is 1. The molecule has 1 aliphatic carbocycles. The summed E-state index contributed by atoms with van der Waals surface area (Å²) in [4.78, 5) is 13.0. The molecule has 0 spiro atoms. The molecule has 0 radical (unpaired) electrons. The second kappa shape index (κ2) is 8.94. The number of nitrogens with one attached hydrogen (secondary N) is 1. The van der Waals surface area contributed by atoms with Crippen molar-refractivity contribution in [1.82, 2.24) is 5.43 Å². The van der Waals surface area contributed by atoms with Crippen LogP contribution in [0.25, 0.3) is 0 Å². The van der Waals surface area contributed by atoms with Crippen LogP contribution in [0, 0.1) is 5.92 Å². The molecule has 0 bridgehead atoms. The first-order valence-electron chi connectivity index (χ1n) is 10.2. The average molecular weight is 479 g/mol. The number of aromatic hydroxyl groups is 1. The summed E-state index contributed by atoms with van der Waals surface area (Å²) in [5.41, 5.74) is 5.00. The van der Waals surface area contributed by atoms with Crippen molar-refractivity contribution in [1.29, 1.82) is 0 Å². The van der Waals surface area contributed by atoms with Crippen LogP contribution >= 0.6 is 15.9 Å². The topological polar surface area (TPSA) is 70.9 Å². The average Bonchev–Trinajstić information content (AvgIpc) is 3.55. The van der Waals surface area contributed by atoms with Crippen LogP contribution in [-0.4, -0.2) is 23.8 Å². The lowest BCUT2D eigenvalue weighted by Crippen LogP contribution is -2.25. The van der Waals surface area contributed by atoms with Crippen molar-refractivity contribution in [2.45, 2.75) is 18.8 Å². The maximum absolute atomic E-state index is 13.0. The minimum absolute atomic E-state index is 0.0163. The highest BCUT2D eigenvalue weighted by molar-refractivity contribution is 9.10. The Balaban J connectivity index is 1.53. The van der Waals surface area contributed by atoms with E-state index in [4.69, 9.17) is 4.74 Å². The number of hydrogen-bond donors (Lipinski definition) is 2. The van der Waals surface area contributed by atoms with Gasteiger partial charge < -0.3 is 9.84 Å². The molecule has 1 amide bonds. The zero-order valence-electron chi connectivity index (χ0n) is 17.1. The van der Waals surface area contributed by atoms with E-state index in [1.165, 1.54) is 6.21 Å². The first kappa shape index (κ1) is 21.1. The zero-order valence-corrected chi connectivity index (χ0v) is 18.7. The Bertz CT molecular complexity index is 1060. The van der Waals surface area contributed by atoms with Gasteiger partial charge in [-0.3, -0.25) is 4.79 Å². The third kappa shape index (κ3) is 4.21. The van der Waals surface area contributed by atoms with Crippen molar-refractivity contribution in [2.75, 3.05) is 6.61 Å². The van der Waals surface area contributed by atoms with E-state index in [2.05, 4.69) is 50.7 Å². The second-order valence-corrected chi connectivity index (χ2v) is 8.38. The van der Waals surface area contributed by atoms with Crippen molar-refractivity contribution >= 4 is 28.1 Å². The Kier molecular flexibility index (Phi) is 6.09. The molecule has 5 nitrogen and oxygen atoms in total. The lowest BCUT2D eigenvalue weighted by molar-refractivity contribution is -0.122. The highest BCUT2D eigenvalue weighted by atomic mass is 79.9. The Hall–Kier alpha value is -3.12. The van der Waals surface area contributed by atoms with Crippen LogP contribution in [0.4, 0.5) is 0 Å². The molecular weight excluding hydrogens is 456 g/mol. The Morgan fingerprint density at radius 3 is 2.35 bits per heavy atom. The minimum Gasteiger partial charge on any atom is -0.504 e. The molecule has 158 valence electrons. The molecule has 6 heteroatoms. The molecule has 1 atom stereocenters.